The van der Waals surface area contributed by atoms with Gasteiger partial charge < -0.3 is 10.5 Å². The highest BCUT2D eigenvalue weighted by Crippen LogP contribution is 2.55. The molecule has 3 heterocycles. The summed E-state index contributed by atoms with van der Waals surface area (Å²) < 4.78 is 7.37. The van der Waals surface area contributed by atoms with Crippen LogP contribution in [0.5, 0.6) is 0 Å². The lowest BCUT2D eigenvalue weighted by atomic mass is 9.60. The fourth-order valence-corrected chi connectivity index (χ4v) is 3.68. The maximum atomic E-state index is 5.85. The van der Waals surface area contributed by atoms with Crippen molar-refractivity contribution in [2.45, 2.75) is 31.8 Å². The number of nitrogens with two attached hydrogens (primary N) is 1. The molecule has 1 spiro atoms. The summed E-state index contributed by atoms with van der Waals surface area (Å²) in [5.74, 6) is 0. The molecule has 5 nitrogen and oxygen atoms in total. The quantitative estimate of drug-likeness (QED) is 0.841. The maximum absolute atomic E-state index is 5.85. The fraction of sp³-hybridized carbons (Fsp3) is 0.769. The molecule has 0 bridgehead atoms. The molecule has 1 saturated carbocycles. The van der Waals surface area contributed by atoms with E-state index in [-0.39, 0.29) is 0 Å². The molecule has 1 aromatic rings. The van der Waals surface area contributed by atoms with Crippen LogP contribution in [-0.4, -0.2) is 47.0 Å². The normalized spacial score (nSPS) is 27.8. The van der Waals surface area contributed by atoms with Gasteiger partial charge in [-0.1, -0.05) is 0 Å². The fourth-order valence-electron chi connectivity index (χ4n) is 3.68. The van der Waals surface area contributed by atoms with E-state index in [1.165, 1.54) is 25.9 Å². The highest BCUT2D eigenvalue weighted by molar-refractivity contribution is 5.40. The summed E-state index contributed by atoms with van der Waals surface area (Å²) in [6.45, 7) is 6.45. The largest absolute Gasteiger partial charge is 0.396 e. The highest BCUT2D eigenvalue weighted by atomic mass is 16.5. The van der Waals surface area contributed by atoms with Crippen LogP contribution in [0.3, 0.4) is 0 Å². The average Bonchev–Trinajstić information content (AvgIpc) is 2.47. The molecule has 0 atom stereocenters. The zero-order valence-electron chi connectivity index (χ0n) is 10.8. The van der Waals surface area contributed by atoms with Crippen LogP contribution in [-0.2, 0) is 4.74 Å². The molecule has 0 amide bonds. The van der Waals surface area contributed by atoms with Crippen LogP contribution in [0.2, 0.25) is 0 Å². The van der Waals surface area contributed by atoms with Crippen molar-refractivity contribution >= 4 is 5.69 Å². The molecule has 0 unspecified atom stereocenters. The molecule has 5 heteroatoms. The van der Waals surface area contributed by atoms with Crippen LogP contribution in [0.15, 0.2) is 6.20 Å². The van der Waals surface area contributed by atoms with Crippen LogP contribution in [0.25, 0.3) is 0 Å². The van der Waals surface area contributed by atoms with E-state index in [1.807, 2.05) is 0 Å². The molecule has 4 rings (SSSR count). The Morgan fingerprint density at radius 2 is 2.06 bits per heavy atom. The third kappa shape index (κ3) is 1.37. The molecule has 0 aromatic carbocycles. The minimum absolute atomic E-state index is 0.571. The van der Waals surface area contributed by atoms with Gasteiger partial charge in [-0.05, 0) is 25.2 Å². The van der Waals surface area contributed by atoms with E-state index in [1.54, 1.807) is 6.20 Å². The van der Waals surface area contributed by atoms with Crippen LogP contribution in [0, 0.1) is 12.3 Å². The van der Waals surface area contributed by atoms with E-state index in [9.17, 15) is 0 Å². The van der Waals surface area contributed by atoms with Gasteiger partial charge >= 0.3 is 0 Å². The Bertz CT molecular complexity index is 465. The van der Waals surface area contributed by atoms with Crippen molar-refractivity contribution in [3.8, 4) is 0 Å². The molecule has 2 N–H and O–H groups in total. The van der Waals surface area contributed by atoms with Gasteiger partial charge in [-0.15, -0.1) is 0 Å². The van der Waals surface area contributed by atoms with Gasteiger partial charge in [0.15, 0.2) is 0 Å². The standard InChI is InChI=1S/C13H20N4O/c1-9-12(14)4-15-17(9)10-2-13(3-10)7-16(8-13)11-5-18-6-11/h4,10-11H,2-3,5-8,14H2,1H3. The molecule has 2 saturated heterocycles. The number of hydrogen-bond acceptors (Lipinski definition) is 4. The number of aromatic nitrogens is 2. The summed E-state index contributed by atoms with van der Waals surface area (Å²) in [6, 6.07) is 1.28. The van der Waals surface area contributed by atoms with Gasteiger partial charge in [0, 0.05) is 13.1 Å². The van der Waals surface area contributed by atoms with E-state index < -0.39 is 0 Å². The highest BCUT2D eigenvalue weighted by Gasteiger charge is 2.55. The first-order valence-electron chi connectivity index (χ1n) is 6.78. The Hall–Kier alpha value is -1.07. The molecule has 0 radical (unpaired) electrons. The maximum Gasteiger partial charge on any atom is 0.0730 e. The zero-order chi connectivity index (χ0) is 12.3. The Kier molecular flexibility index (Phi) is 2.09. The summed E-state index contributed by atoms with van der Waals surface area (Å²) in [5.41, 5.74) is 8.37. The number of likely N-dealkylation sites (tertiary alicyclic amines) is 1. The number of hydrogen-bond donors (Lipinski definition) is 1. The number of nitrogens with zero attached hydrogens (tertiary/aromatic N) is 3. The van der Waals surface area contributed by atoms with Crippen LogP contribution in [0.4, 0.5) is 5.69 Å². The molecule has 18 heavy (non-hydrogen) atoms. The van der Waals surface area contributed by atoms with Crippen molar-refractivity contribution in [1.82, 2.24) is 14.7 Å². The Balaban J connectivity index is 1.37. The number of nitrogen functional groups attached to an aromatic ring is 1. The minimum Gasteiger partial charge on any atom is -0.396 e. The van der Waals surface area contributed by atoms with Crippen molar-refractivity contribution < 1.29 is 4.74 Å². The summed E-state index contributed by atoms with van der Waals surface area (Å²) in [6.07, 6.45) is 4.30. The van der Waals surface area contributed by atoms with E-state index in [0.717, 1.165) is 24.6 Å². The second-order valence-corrected chi connectivity index (χ2v) is 6.29. The zero-order valence-corrected chi connectivity index (χ0v) is 10.8. The summed E-state index contributed by atoms with van der Waals surface area (Å²) in [7, 11) is 0. The first kappa shape index (κ1) is 10.8. The lowest BCUT2D eigenvalue weighted by molar-refractivity contribution is -0.166. The smallest absolute Gasteiger partial charge is 0.0730 e. The molecule has 1 aliphatic carbocycles. The Morgan fingerprint density at radius 1 is 1.33 bits per heavy atom. The van der Waals surface area contributed by atoms with Crippen LogP contribution in [0.1, 0.15) is 24.6 Å². The first-order chi connectivity index (χ1) is 8.67. The Morgan fingerprint density at radius 3 is 2.56 bits per heavy atom. The predicted octanol–water partition coefficient (Wildman–Crippen LogP) is 0.809. The van der Waals surface area contributed by atoms with Gasteiger partial charge in [0.1, 0.15) is 0 Å². The Labute approximate surface area is 107 Å². The van der Waals surface area contributed by atoms with Crippen molar-refractivity contribution in [2.75, 3.05) is 32.0 Å². The number of anilines is 1. The van der Waals surface area contributed by atoms with E-state index in [4.69, 9.17) is 10.5 Å². The molecular weight excluding hydrogens is 228 g/mol. The van der Waals surface area contributed by atoms with Gasteiger partial charge in [-0.3, -0.25) is 9.58 Å². The van der Waals surface area contributed by atoms with Crippen molar-refractivity contribution in [1.29, 1.82) is 0 Å². The van der Waals surface area contributed by atoms with Gasteiger partial charge in [0.05, 0.1) is 42.9 Å². The monoisotopic (exact) mass is 248 g/mol. The molecule has 3 fully saturated rings. The lowest BCUT2D eigenvalue weighted by Gasteiger charge is -2.62. The van der Waals surface area contributed by atoms with Gasteiger partial charge in [-0.2, -0.15) is 5.10 Å². The SMILES string of the molecule is Cc1c(N)cnn1C1CC2(C1)CN(C1COC1)C2. The van der Waals surface area contributed by atoms with Gasteiger partial charge in [-0.25, -0.2) is 0 Å². The molecule has 2 aliphatic heterocycles. The number of rotatable bonds is 2. The molecule has 3 aliphatic rings. The predicted molar refractivity (Wildman–Crippen MR) is 68.3 cm³/mol. The van der Waals surface area contributed by atoms with E-state index >= 15 is 0 Å². The van der Waals surface area contributed by atoms with Gasteiger partial charge in [0.25, 0.3) is 0 Å². The lowest BCUT2D eigenvalue weighted by Crippen LogP contribution is -2.68. The second-order valence-electron chi connectivity index (χ2n) is 6.29. The van der Waals surface area contributed by atoms with E-state index in [0.29, 0.717) is 17.5 Å². The van der Waals surface area contributed by atoms with Gasteiger partial charge in [0.2, 0.25) is 0 Å². The summed E-state index contributed by atoms with van der Waals surface area (Å²) in [5, 5.41) is 4.40. The molecule has 98 valence electrons. The molecule has 1 aromatic heterocycles. The summed E-state index contributed by atoms with van der Waals surface area (Å²) >= 11 is 0. The van der Waals surface area contributed by atoms with E-state index in [2.05, 4.69) is 21.6 Å². The topological polar surface area (TPSA) is 56.3 Å². The van der Waals surface area contributed by atoms with Crippen molar-refractivity contribution in [3.63, 3.8) is 0 Å². The second kappa shape index (κ2) is 3.48. The molecular formula is C13H20N4O. The van der Waals surface area contributed by atoms with Crippen molar-refractivity contribution in [2.24, 2.45) is 5.41 Å². The average molecular weight is 248 g/mol. The van der Waals surface area contributed by atoms with Crippen LogP contribution >= 0.6 is 0 Å². The summed E-state index contributed by atoms with van der Waals surface area (Å²) in [4.78, 5) is 2.57. The third-order valence-corrected chi connectivity index (χ3v) is 4.98. The van der Waals surface area contributed by atoms with Crippen molar-refractivity contribution in [3.05, 3.63) is 11.9 Å². The van der Waals surface area contributed by atoms with Crippen LogP contribution < -0.4 is 5.73 Å². The number of ether oxygens (including phenoxy) is 1. The first-order valence-corrected chi connectivity index (χ1v) is 6.78. The third-order valence-electron chi connectivity index (χ3n) is 4.98. The minimum atomic E-state index is 0.571.